The summed E-state index contributed by atoms with van der Waals surface area (Å²) < 4.78 is 18.3. The Balaban J connectivity index is 2.24. The number of aryl methyl sites for hydroxylation is 1. The second kappa shape index (κ2) is 6.53. The lowest BCUT2D eigenvalue weighted by molar-refractivity contribution is 0.219. The third-order valence-electron chi connectivity index (χ3n) is 3.33. The van der Waals surface area contributed by atoms with Crippen molar-refractivity contribution in [3.05, 3.63) is 65.0 Å². The fourth-order valence-corrected chi connectivity index (χ4v) is 2.19. The van der Waals surface area contributed by atoms with Gasteiger partial charge in [0.2, 0.25) is 0 Å². The van der Waals surface area contributed by atoms with Crippen LogP contribution in [0.1, 0.15) is 36.1 Å². The highest BCUT2D eigenvalue weighted by atomic mass is 19.1. The van der Waals surface area contributed by atoms with Crippen molar-refractivity contribution in [3.63, 3.8) is 0 Å². The summed E-state index contributed by atoms with van der Waals surface area (Å²) in [6.45, 7) is 2.13. The lowest BCUT2D eigenvalue weighted by Gasteiger charge is -2.13. The maximum absolute atomic E-state index is 13.4. The standard InChI is InChI=1S/C17H19FO2/c1-3-4-12-5-7-13(8-6-12)17(19)14-9-10-15(18)16(11-14)20-2/h5-11,17,19H,3-4H2,1-2H3. The van der Waals surface area contributed by atoms with Gasteiger partial charge in [-0.05, 0) is 35.2 Å². The van der Waals surface area contributed by atoms with Crippen LogP contribution >= 0.6 is 0 Å². The number of benzene rings is 2. The Hall–Kier alpha value is -1.87. The molecule has 0 radical (unpaired) electrons. The Labute approximate surface area is 118 Å². The Morgan fingerprint density at radius 2 is 1.75 bits per heavy atom. The minimum Gasteiger partial charge on any atom is -0.494 e. The van der Waals surface area contributed by atoms with E-state index in [0.29, 0.717) is 5.56 Å². The molecule has 20 heavy (non-hydrogen) atoms. The average molecular weight is 274 g/mol. The quantitative estimate of drug-likeness (QED) is 0.897. The highest BCUT2D eigenvalue weighted by Gasteiger charge is 2.13. The number of methoxy groups -OCH3 is 1. The molecule has 0 aliphatic rings. The number of hydrogen-bond donors (Lipinski definition) is 1. The van der Waals surface area contributed by atoms with Gasteiger partial charge in [-0.3, -0.25) is 0 Å². The van der Waals surface area contributed by atoms with E-state index in [4.69, 9.17) is 4.74 Å². The molecule has 1 atom stereocenters. The predicted molar refractivity (Wildman–Crippen MR) is 77.5 cm³/mol. The zero-order valence-electron chi connectivity index (χ0n) is 11.8. The lowest BCUT2D eigenvalue weighted by atomic mass is 9.99. The Kier molecular flexibility index (Phi) is 4.74. The summed E-state index contributed by atoms with van der Waals surface area (Å²) in [7, 11) is 1.41. The van der Waals surface area contributed by atoms with Crippen molar-refractivity contribution in [1.29, 1.82) is 0 Å². The van der Waals surface area contributed by atoms with Gasteiger partial charge in [0.05, 0.1) is 7.11 Å². The Morgan fingerprint density at radius 3 is 2.35 bits per heavy atom. The monoisotopic (exact) mass is 274 g/mol. The number of aliphatic hydroxyl groups excluding tert-OH is 1. The molecule has 0 aliphatic heterocycles. The fourth-order valence-electron chi connectivity index (χ4n) is 2.19. The van der Waals surface area contributed by atoms with E-state index in [-0.39, 0.29) is 5.75 Å². The summed E-state index contributed by atoms with van der Waals surface area (Å²) in [4.78, 5) is 0. The molecule has 3 heteroatoms. The zero-order valence-corrected chi connectivity index (χ0v) is 11.8. The maximum Gasteiger partial charge on any atom is 0.165 e. The molecule has 2 aromatic rings. The third kappa shape index (κ3) is 3.17. The normalized spacial score (nSPS) is 12.2. The number of halogens is 1. The van der Waals surface area contributed by atoms with Gasteiger partial charge in [0.25, 0.3) is 0 Å². The van der Waals surface area contributed by atoms with E-state index in [9.17, 15) is 9.50 Å². The molecule has 0 aliphatic carbocycles. The Bertz CT molecular complexity index is 564. The molecule has 0 saturated carbocycles. The first-order chi connectivity index (χ1) is 9.65. The van der Waals surface area contributed by atoms with Crippen LogP contribution in [0.2, 0.25) is 0 Å². The molecular weight excluding hydrogens is 255 g/mol. The summed E-state index contributed by atoms with van der Waals surface area (Å²) >= 11 is 0. The molecule has 0 fully saturated rings. The van der Waals surface area contributed by atoms with Crippen LogP contribution in [0.25, 0.3) is 0 Å². The minimum atomic E-state index is -0.778. The van der Waals surface area contributed by atoms with Crippen LogP contribution in [0.5, 0.6) is 5.75 Å². The molecule has 0 amide bonds. The van der Waals surface area contributed by atoms with E-state index in [0.717, 1.165) is 18.4 Å². The number of hydrogen-bond acceptors (Lipinski definition) is 2. The van der Waals surface area contributed by atoms with Crippen molar-refractivity contribution < 1.29 is 14.2 Å². The van der Waals surface area contributed by atoms with Gasteiger partial charge in [0.15, 0.2) is 11.6 Å². The SMILES string of the molecule is CCCc1ccc(C(O)c2ccc(F)c(OC)c2)cc1. The molecule has 106 valence electrons. The molecule has 1 N–H and O–H groups in total. The van der Waals surface area contributed by atoms with Crippen LogP contribution in [0.4, 0.5) is 4.39 Å². The van der Waals surface area contributed by atoms with Crippen LogP contribution in [0, 0.1) is 5.82 Å². The summed E-state index contributed by atoms with van der Waals surface area (Å²) in [6.07, 6.45) is 1.35. The first kappa shape index (κ1) is 14.5. The molecule has 2 rings (SSSR count). The molecular formula is C17H19FO2. The third-order valence-corrected chi connectivity index (χ3v) is 3.33. The predicted octanol–water partition coefficient (Wildman–Crippen LogP) is 3.87. The van der Waals surface area contributed by atoms with Crippen molar-refractivity contribution in [2.24, 2.45) is 0 Å². The highest BCUT2D eigenvalue weighted by Crippen LogP contribution is 2.27. The van der Waals surface area contributed by atoms with Gasteiger partial charge in [-0.25, -0.2) is 4.39 Å². The van der Waals surface area contributed by atoms with Crippen LogP contribution in [0.3, 0.4) is 0 Å². The molecule has 1 unspecified atom stereocenters. The second-order valence-corrected chi connectivity index (χ2v) is 4.79. The van der Waals surface area contributed by atoms with Gasteiger partial charge >= 0.3 is 0 Å². The molecule has 0 heterocycles. The van der Waals surface area contributed by atoms with Crippen molar-refractivity contribution in [2.45, 2.75) is 25.9 Å². The van der Waals surface area contributed by atoms with Crippen molar-refractivity contribution in [1.82, 2.24) is 0 Å². The smallest absolute Gasteiger partial charge is 0.165 e. The molecule has 0 aromatic heterocycles. The van der Waals surface area contributed by atoms with Crippen LogP contribution in [-0.4, -0.2) is 12.2 Å². The summed E-state index contributed by atoms with van der Waals surface area (Å²) in [5.41, 5.74) is 2.66. The number of ether oxygens (including phenoxy) is 1. The molecule has 2 nitrogen and oxygen atoms in total. The van der Waals surface area contributed by atoms with E-state index in [1.165, 1.54) is 24.8 Å². The van der Waals surface area contributed by atoms with E-state index in [2.05, 4.69) is 6.92 Å². The van der Waals surface area contributed by atoms with Crippen molar-refractivity contribution in [3.8, 4) is 5.75 Å². The molecule has 2 aromatic carbocycles. The van der Waals surface area contributed by atoms with E-state index >= 15 is 0 Å². The summed E-state index contributed by atoms with van der Waals surface area (Å²) in [5, 5.41) is 10.3. The number of aliphatic hydroxyl groups is 1. The van der Waals surface area contributed by atoms with Gasteiger partial charge in [-0.2, -0.15) is 0 Å². The second-order valence-electron chi connectivity index (χ2n) is 4.79. The topological polar surface area (TPSA) is 29.5 Å². The van der Waals surface area contributed by atoms with Crippen LogP contribution < -0.4 is 4.74 Å². The fraction of sp³-hybridized carbons (Fsp3) is 0.294. The van der Waals surface area contributed by atoms with Gasteiger partial charge in [-0.1, -0.05) is 43.7 Å². The van der Waals surface area contributed by atoms with Gasteiger partial charge in [0, 0.05) is 0 Å². The summed E-state index contributed by atoms with van der Waals surface area (Å²) in [5.74, 6) is -0.286. The van der Waals surface area contributed by atoms with E-state index in [1.54, 1.807) is 6.07 Å². The van der Waals surface area contributed by atoms with Crippen LogP contribution in [0.15, 0.2) is 42.5 Å². The Morgan fingerprint density at radius 1 is 1.10 bits per heavy atom. The van der Waals surface area contributed by atoms with E-state index < -0.39 is 11.9 Å². The van der Waals surface area contributed by atoms with E-state index in [1.807, 2.05) is 24.3 Å². The minimum absolute atomic E-state index is 0.143. The lowest BCUT2D eigenvalue weighted by Crippen LogP contribution is -2.01. The van der Waals surface area contributed by atoms with Crippen LogP contribution in [-0.2, 0) is 6.42 Å². The van der Waals surface area contributed by atoms with Crippen molar-refractivity contribution in [2.75, 3.05) is 7.11 Å². The molecule has 0 bridgehead atoms. The molecule has 0 spiro atoms. The van der Waals surface area contributed by atoms with Gasteiger partial charge in [0.1, 0.15) is 6.10 Å². The average Bonchev–Trinajstić information content (AvgIpc) is 2.48. The van der Waals surface area contributed by atoms with Gasteiger partial charge < -0.3 is 9.84 Å². The molecule has 0 saturated heterocycles. The zero-order chi connectivity index (χ0) is 14.5. The van der Waals surface area contributed by atoms with Crippen molar-refractivity contribution >= 4 is 0 Å². The first-order valence-electron chi connectivity index (χ1n) is 6.76. The highest BCUT2D eigenvalue weighted by molar-refractivity contribution is 5.37. The first-order valence-corrected chi connectivity index (χ1v) is 6.76. The summed E-state index contributed by atoms with van der Waals surface area (Å²) in [6, 6.07) is 12.3. The van der Waals surface area contributed by atoms with Gasteiger partial charge in [-0.15, -0.1) is 0 Å². The maximum atomic E-state index is 13.4. The largest absolute Gasteiger partial charge is 0.494 e. The number of rotatable bonds is 5.